The van der Waals surface area contributed by atoms with Crippen LogP contribution in [0.4, 0.5) is 0 Å². The number of benzene rings is 1. The van der Waals surface area contributed by atoms with Gasteiger partial charge in [-0.05, 0) is 18.2 Å². The molecular formula is C15H10ClN3OS. The van der Waals surface area contributed by atoms with Gasteiger partial charge in [-0.3, -0.25) is 9.78 Å². The number of carbonyl (C=O) groups is 1. The summed E-state index contributed by atoms with van der Waals surface area (Å²) in [6.45, 7) is 0. The first-order valence-corrected chi connectivity index (χ1v) is 7.36. The van der Waals surface area contributed by atoms with Gasteiger partial charge in [-0.2, -0.15) is 5.10 Å². The number of amides is 1. The minimum Gasteiger partial charge on any atom is -0.266 e. The van der Waals surface area contributed by atoms with Crippen LogP contribution in [0.25, 0.3) is 10.1 Å². The average molecular weight is 316 g/mol. The van der Waals surface area contributed by atoms with Crippen molar-refractivity contribution in [1.29, 1.82) is 0 Å². The lowest BCUT2D eigenvalue weighted by Gasteiger charge is -1.96. The quantitative estimate of drug-likeness (QED) is 0.591. The number of halogens is 1. The Morgan fingerprint density at radius 3 is 2.81 bits per heavy atom. The van der Waals surface area contributed by atoms with Gasteiger partial charge in [0.1, 0.15) is 4.88 Å². The van der Waals surface area contributed by atoms with E-state index in [2.05, 4.69) is 15.5 Å². The van der Waals surface area contributed by atoms with Crippen molar-refractivity contribution >= 4 is 45.1 Å². The highest BCUT2D eigenvalue weighted by atomic mass is 35.5. The number of carbonyl (C=O) groups excluding carboxylic acids is 1. The van der Waals surface area contributed by atoms with Crippen molar-refractivity contribution in [3.8, 4) is 0 Å². The van der Waals surface area contributed by atoms with Crippen LogP contribution in [0.1, 0.15) is 15.4 Å². The first-order chi connectivity index (χ1) is 10.3. The molecule has 104 valence electrons. The maximum atomic E-state index is 12.1. The molecule has 3 rings (SSSR count). The molecule has 1 aromatic carbocycles. The van der Waals surface area contributed by atoms with Crippen LogP contribution < -0.4 is 5.43 Å². The number of thiophene rings is 1. The van der Waals surface area contributed by atoms with Crippen molar-refractivity contribution in [3.63, 3.8) is 0 Å². The zero-order chi connectivity index (χ0) is 14.7. The molecule has 0 saturated heterocycles. The third kappa shape index (κ3) is 2.94. The maximum absolute atomic E-state index is 12.1. The van der Waals surface area contributed by atoms with E-state index in [1.807, 2.05) is 36.4 Å². The van der Waals surface area contributed by atoms with E-state index in [4.69, 9.17) is 11.6 Å². The first kappa shape index (κ1) is 13.7. The average Bonchev–Trinajstić information content (AvgIpc) is 2.86. The highest BCUT2D eigenvalue weighted by molar-refractivity contribution is 7.21. The molecule has 0 fully saturated rings. The van der Waals surface area contributed by atoms with Crippen molar-refractivity contribution in [1.82, 2.24) is 10.4 Å². The molecule has 4 nitrogen and oxygen atoms in total. The lowest BCUT2D eigenvalue weighted by atomic mass is 10.2. The van der Waals surface area contributed by atoms with E-state index < -0.39 is 0 Å². The molecule has 0 atom stereocenters. The predicted molar refractivity (Wildman–Crippen MR) is 86.1 cm³/mol. The van der Waals surface area contributed by atoms with E-state index in [1.165, 1.54) is 17.6 Å². The Bertz CT molecular complexity index is 814. The maximum Gasteiger partial charge on any atom is 0.283 e. The van der Waals surface area contributed by atoms with E-state index in [9.17, 15) is 4.79 Å². The van der Waals surface area contributed by atoms with E-state index in [-0.39, 0.29) is 5.91 Å². The standard InChI is InChI=1S/C15H10ClN3OS/c16-13-11-6-1-2-7-12(11)21-14(13)15(20)19-18-9-10-5-3-4-8-17-10/h1-9H,(H,19,20)/b18-9-. The second-order valence-electron chi connectivity index (χ2n) is 4.20. The highest BCUT2D eigenvalue weighted by Gasteiger charge is 2.16. The molecule has 0 spiro atoms. The van der Waals surface area contributed by atoms with E-state index in [0.29, 0.717) is 15.6 Å². The molecule has 6 heteroatoms. The predicted octanol–water partition coefficient (Wildman–Crippen LogP) is 3.71. The van der Waals surface area contributed by atoms with Crippen molar-refractivity contribution in [2.24, 2.45) is 5.10 Å². The smallest absolute Gasteiger partial charge is 0.266 e. The van der Waals surface area contributed by atoms with Crippen LogP contribution in [0.3, 0.4) is 0 Å². The topological polar surface area (TPSA) is 54.4 Å². The summed E-state index contributed by atoms with van der Waals surface area (Å²) in [4.78, 5) is 16.6. The molecule has 0 aliphatic rings. The largest absolute Gasteiger partial charge is 0.283 e. The van der Waals surface area contributed by atoms with Gasteiger partial charge in [-0.15, -0.1) is 11.3 Å². The summed E-state index contributed by atoms with van der Waals surface area (Å²) in [5.41, 5.74) is 3.13. The zero-order valence-corrected chi connectivity index (χ0v) is 12.4. The van der Waals surface area contributed by atoms with Crippen LogP contribution in [0.15, 0.2) is 53.8 Å². The molecule has 0 unspecified atom stereocenters. The number of hydrazone groups is 1. The molecule has 2 heterocycles. The molecule has 0 aliphatic carbocycles. The van der Waals surface area contributed by atoms with Crippen LogP contribution in [-0.4, -0.2) is 17.1 Å². The summed E-state index contributed by atoms with van der Waals surface area (Å²) in [5, 5.41) is 5.23. The second-order valence-corrected chi connectivity index (χ2v) is 5.63. The highest BCUT2D eigenvalue weighted by Crippen LogP contribution is 2.34. The monoisotopic (exact) mass is 315 g/mol. The Hall–Kier alpha value is -2.24. The Morgan fingerprint density at radius 1 is 1.24 bits per heavy atom. The van der Waals surface area contributed by atoms with Crippen LogP contribution in [-0.2, 0) is 0 Å². The third-order valence-electron chi connectivity index (χ3n) is 2.79. The number of nitrogens with zero attached hydrogens (tertiary/aromatic N) is 2. The summed E-state index contributed by atoms with van der Waals surface area (Å²) in [6, 6.07) is 13.1. The summed E-state index contributed by atoms with van der Waals surface area (Å²) >= 11 is 7.58. The van der Waals surface area contributed by atoms with Gasteiger partial charge in [0.2, 0.25) is 0 Å². The molecule has 0 saturated carbocycles. The third-order valence-corrected chi connectivity index (χ3v) is 4.47. The molecule has 0 bridgehead atoms. The minimum absolute atomic E-state index is 0.326. The summed E-state index contributed by atoms with van der Waals surface area (Å²) in [7, 11) is 0. The van der Waals surface area contributed by atoms with Gasteiger partial charge in [-0.25, -0.2) is 5.43 Å². The minimum atomic E-state index is -0.326. The fraction of sp³-hybridized carbons (Fsp3) is 0. The Morgan fingerprint density at radius 2 is 2.05 bits per heavy atom. The number of nitrogens with one attached hydrogen (secondary N) is 1. The molecule has 0 radical (unpaired) electrons. The summed E-state index contributed by atoms with van der Waals surface area (Å²) in [6.07, 6.45) is 3.14. The van der Waals surface area contributed by atoms with Gasteiger partial charge in [-0.1, -0.05) is 35.9 Å². The normalized spacial score (nSPS) is 11.1. The van der Waals surface area contributed by atoms with Gasteiger partial charge in [0, 0.05) is 16.3 Å². The van der Waals surface area contributed by atoms with Crippen LogP contribution >= 0.6 is 22.9 Å². The van der Waals surface area contributed by atoms with E-state index in [1.54, 1.807) is 12.3 Å². The van der Waals surface area contributed by atoms with Gasteiger partial charge < -0.3 is 0 Å². The lowest BCUT2D eigenvalue weighted by Crippen LogP contribution is -2.16. The molecule has 21 heavy (non-hydrogen) atoms. The zero-order valence-electron chi connectivity index (χ0n) is 10.8. The summed E-state index contributed by atoms with van der Waals surface area (Å²) < 4.78 is 0.973. The Labute approximate surface area is 130 Å². The molecule has 3 aromatic rings. The molecule has 0 aliphatic heterocycles. The van der Waals surface area contributed by atoms with E-state index in [0.717, 1.165) is 10.1 Å². The summed E-state index contributed by atoms with van der Waals surface area (Å²) in [5.74, 6) is -0.326. The number of fused-ring (bicyclic) bond motifs is 1. The Kier molecular flexibility index (Phi) is 3.94. The molecule has 2 aromatic heterocycles. The van der Waals surface area contributed by atoms with Gasteiger partial charge in [0.15, 0.2) is 0 Å². The van der Waals surface area contributed by atoms with Crippen LogP contribution in [0.5, 0.6) is 0 Å². The number of rotatable bonds is 3. The number of aromatic nitrogens is 1. The van der Waals surface area contributed by atoms with Crippen molar-refractivity contribution in [2.75, 3.05) is 0 Å². The van der Waals surface area contributed by atoms with Gasteiger partial charge in [0.25, 0.3) is 5.91 Å². The molecular weight excluding hydrogens is 306 g/mol. The van der Waals surface area contributed by atoms with Crippen molar-refractivity contribution < 1.29 is 4.79 Å². The lowest BCUT2D eigenvalue weighted by molar-refractivity contribution is 0.0959. The SMILES string of the molecule is O=C(N/N=C\c1ccccn1)c1sc2ccccc2c1Cl. The van der Waals surface area contributed by atoms with Gasteiger partial charge in [0.05, 0.1) is 16.9 Å². The fourth-order valence-electron chi connectivity index (χ4n) is 1.82. The fourth-order valence-corrected chi connectivity index (χ4v) is 3.23. The number of pyridine rings is 1. The first-order valence-electron chi connectivity index (χ1n) is 6.17. The van der Waals surface area contributed by atoms with Gasteiger partial charge >= 0.3 is 0 Å². The number of hydrogen-bond donors (Lipinski definition) is 1. The molecule has 1 amide bonds. The van der Waals surface area contributed by atoms with Crippen molar-refractivity contribution in [2.45, 2.75) is 0 Å². The Balaban J connectivity index is 1.78. The molecule has 1 N–H and O–H groups in total. The van der Waals surface area contributed by atoms with Crippen molar-refractivity contribution in [3.05, 3.63) is 64.3 Å². The second kappa shape index (κ2) is 6.03. The van der Waals surface area contributed by atoms with Crippen LogP contribution in [0.2, 0.25) is 5.02 Å². The van der Waals surface area contributed by atoms with Crippen LogP contribution in [0, 0.1) is 0 Å². The van der Waals surface area contributed by atoms with E-state index >= 15 is 0 Å². The number of hydrogen-bond acceptors (Lipinski definition) is 4.